The van der Waals surface area contributed by atoms with E-state index in [1.54, 1.807) is 0 Å². The van der Waals surface area contributed by atoms with Gasteiger partial charge in [-0.05, 0) is 75.3 Å². The third-order valence-corrected chi connectivity index (χ3v) is 5.83. The van der Waals surface area contributed by atoms with E-state index in [2.05, 4.69) is 17.7 Å². The largest absolute Gasteiger partial charge is 0.330 e. The second-order valence-electron chi connectivity index (χ2n) is 7.18. The van der Waals surface area contributed by atoms with Gasteiger partial charge in [-0.15, -0.1) is 0 Å². The minimum Gasteiger partial charge on any atom is -0.330 e. The molecule has 5 rings (SSSR count). The van der Waals surface area contributed by atoms with Crippen LogP contribution >= 0.6 is 0 Å². The molecule has 0 saturated heterocycles. The number of rotatable bonds is 3. The van der Waals surface area contributed by atoms with Crippen molar-refractivity contribution in [1.82, 2.24) is 9.78 Å². The Morgan fingerprint density at radius 1 is 1.16 bits per heavy atom. The van der Waals surface area contributed by atoms with E-state index in [0.717, 1.165) is 30.1 Å². The van der Waals surface area contributed by atoms with E-state index >= 15 is 0 Å². The summed E-state index contributed by atoms with van der Waals surface area (Å²) in [5, 5.41) is 4.88. The quantitative estimate of drug-likeness (QED) is 0.907. The number of hydrogen-bond acceptors (Lipinski definition) is 2. The van der Waals surface area contributed by atoms with Gasteiger partial charge >= 0.3 is 0 Å². The highest BCUT2D eigenvalue weighted by molar-refractivity contribution is 5.12. The van der Waals surface area contributed by atoms with E-state index in [-0.39, 0.29) is 0 Å². The van der Waals surface area contributed by atoms with E-state index < -0.39 is 0 Å². The smallest absolute Gasteiger partial charge is 0.0640 e. The van der Waals surface area contributed by atoms with Crippen LogP contribution in [0.5, 0.6) is 0 Å². The molecule has 104 valence electrons. The molecule has 2 N–H and O–H groups in total. The highest BCUT2D eigenvalue weighted by atomic mass is 15.3. The van der Waals surface area contributed by atoms with Crippen molar-refractivity contribution in [3.63, 3.8) is 0 Å². The number of aromatic nitrogens is 2. The lowest BCUT2D eigenvalue weighted by molar-refractivity contribution is -0.0344. The standard InChI is InChI=1S/C16H25N3/c1-10-4-15(2-3-17)18-19(10)16-13-6-11-5-12(8-13)9-14(16)7-11/h4,11-14,16H,2-3,5-9,17H2,1H3. The summed E-state index contributed by atoms with van der Waals surface area (Å²) >= 11 is 0. The van der Waals surface area contributed by atoms with Crippen molar-refractivity contribution in [2.75, 3.05) is 6.54 Å². The number of nitrogens with zero attached hydrogens (tertiary/aromatic N) is 2. The first-order chi connectivity index (χ1) is 9.24. The van der Waals surface area contributed by atoms with Crippen molar-refractivity contribution in [2.24, 2.45) is 29.4 Å². The maximum absolute atomic E-state index is 5.67. The Morgan fingerprint density at radius 3 is 2.37 bits per heavy atom. The molecule has 0 amide bonds. The van der Waals surface area contributed by atoms with Crippen molar-refractivity contribution in [2.45, 2.75) is 51.5 Å². The van der Waals surface area contributed by atoms with Crippen molar-refractivity contribution in [3.05, 3.63) is 17.5 Å². The van der Waals surface area contributed by atoms with Gasteiger partial charge in [-0.2, -0.15) is 5.10 Å². The molecular formula is C16H25N3. The fourth-order valence-electron chi connectivity index (χ4n) is 5.42. The molecule has 0 radical (unpaired) electrons. The molecule has 0 aromatic carbocycles. The predicted octanol–water partition coefficient (Wildman–Crippen LogP) is 2.69. The lowest BCUT2D eigenvalue weighted by Crippen LogP contribution is -2.46. The molecule has 1 aromatic rings. The van der Waals surface area contributed by atoms with Crippen LogP contribution in [0.1, 0.15) is 49.5 Å². The highest BCUT2D eigenvalue weighted by Crippen LogP contribution is 2.58. The summed E-state index contributed by atoms with van der Waals surface area (Å²) in [4.78, 5) is 0. The Labute approximate surface area is 115 Å². The van der Waals surface area contributed by atoms with Gasteiger partial charge in [0.1, 0.15) is 0 Å². The highest BCUT2D eigenvalue weighted by Gasteiger charge is 2.49. The van der Waals surface area contributed by atoms with E-state index in [0.29, 0.717) is 12.6 Å². The zero-order chi connectivity index (χ0) is 13.0. The van der Waals surface area contributed by atoms with E-state index in [1.807, 2.05) is 0 Å². The van der Waals surface area contributed by atoms with Gasteiger partial charge in [-0.1, -0.05) is 0 Å². The average Bonchev–Trinajstić information content (AvgIpc) is 2.69. The Kier molecular flexibility index (Phi) is 2.73. The van der Waals surface area contributed by atoms with Gasteiger partial charge in [0.05, 0.1) is 11.7 Å². The Bertz CT molecular complexity index is 448. The minimum atomic E-state index is 0.694. The average molecular weight is 259 g/mol. The fourth-order valence-corrected chi connectivity index (χ4v) is 5.42. The van der Waals surface area contributed by atoms with Crippen molar-refractivity contribution >= 4 is 0 Å². The summed E-state index contributed by atoms with van der Waals surface area (Å²) < 4.78 is 2.37. The second kappa shape index (κ2) is 4.34. The van der Waals surface area contributed by atoms with E-state index in [9.17, 15) is 0 Å². The van der Waals surface area contributed by atoms with Crippen LogP contribution in [-0.2, 0) is 6.42 Å². The van der Waals surface area contributed by atoms with E-state index in [4.69, 9.17) is 10.8 Å². The Balaban J connectivity index is 1.65. The van der Waals surface area contributed by atoms with Crippen molar-refractivity contribution in [3.8, 4) is 0 Å². The van der Waals surface area contributed by atoms with Crippen molar-refractivity contribution in [1.29, 1.82) is 0 Å². The van der Waals surface area contributed by atoms with Crippen LogP contribution in [0.4, 0.5) is 0 Å². The van der Waals surface area contributed by atoms with E-state index in [1.165, 1.54) is 43.5 Å². The zero-order valence-electron chi connectivity index (χ0n) is 11.9. The summed E-state index contributed by atoms with van der Waals surface area (Å²) in [5.41, 5.74) is 8.20. The maximum atomic E-state index is 5.67. The molecule has 4 saturated carbocycles. The van der Waals surface area contributed by atoms with Gasteiger partial charge in [0, 0.05) is 12.1 Å². The third-order valence-electron chi connectivity index (χ3n) is 5.83. The number of nitrogens with two attached hydrogens (primary N) is 1. The minimum absolute atomic E-state index is 0.694. The zero-order valence-corrected chi connectivity index (χ0v) is 11.9. The molecule has 0 aliphatic heterocycles. The molecular weight excluding hydrogens is 234 g/mol. The van der Waals surface area contributed by atoms with Crippen LogP contribution in [0.3, 0.4) is 0 Å². The van der Waals surface area contributed by atoms with Crippen LogP contribution in [0.25, 0.3) is 0 Å². The lowest BCUT2D eigenvalue weighted by Gasteiger charge is -2.54. The number of aryl methyl sites for hydroxylation is 1. The van der Waals surface area contributed by atoms with Gasteiger partial charge < -0.3 is 5.73 Å². The van der Waals surface area contributed by atoms with Crippen LogP contribution in [-0.4, -0.2) is 16.3 Å². The summed E-state index contributed by atoms with van der Waals surface area (Å²) in [7, 11) is 0. The molecule has 0 atom stereocenters. The Morgan fingerprint density at radius 2 is 1.79 bits per heavy atom. The first-order valence-electron chi connectivity index (χ1n) is 7.99. The van der Waals surface area contributed by atoms with Gasteiger partial charge in [-0.25, -0.2) is 0 Å². The molecule has 4 aliphatic carbocycles. The monoisotopic (exact) mass is 259 g/mol. The van der Waals surface area contributed by atoms with Gasteiger partial charge in [0.2, 0.25) is 0 Å². The summed E-state index contributed by atoms with van der Waals surface area (Å²) in [5.74, 6) is 3.89. The van der Waals surface area contributed by atoms with Crippen LogP contribution in [0.15, 0.2) is 6.07 Å². The topological polar surface area (TPSA) is 43.8 Å². The van der Waals surface area contributed by atoms with Crippen LogP contribution in [0, 0.1) is 30.6 Å². The second-order valence-corrected chi connectivity index (χ2v) is 7.18. The molecule has 4 fully saturated rings. The summed E-state index contributed by atoms with van der Waals surface area (Å²) in [6, 6.07) is 2.94. The summed E-state index contributed by atoms with van der Waals surface area (Å²) in [6.07, 6.45) is 8.29. The maximum Gasteiger partial charge on any atom is 0.0640 e. The van der Waals surface area contributed by atoms with Gasteiger partial charge in [0.25, 0.3) is 0 Å². The van der Waals surface area contributed by atoms with Crippen LogP contribution in [0.2, 0.25) is 0 Å². The predicted molar refractivity (Wildman–Crippen MR) is 75.8 cm³/mol. The molecule has 3 nitrogen and oxygen atoms in total. The first kappa shape index (κ1) is 12.0. The van der Waals surface area contributed by atoms with Gasteiger partial charge in [-0.3, -0.25) is 4.68 Å². The lowest BCUT2D eigenvalue weighted by atomic mass is 9.54. The van der Waals surface area contributed by atoms with Crippen LogP contribution < -0.4 is 5.73 Å². The molecule has 4 bridgehead atoms. The molecule has 0 unspecified atom stereocenters. The van der Waals surface area contributed by atoms with Gasteiger partial charge in [0.15, 0.2) is 0 Å². The molecule has 4 aliphatic rings. The van der Waals surface area contributed by atoms with Crippen molar-refractivity contribution < 1.29 is 0 Å². The SMILES string of the molecule is Cc1cc(CCN)nn1C1C2CC3CC(C2)CC1C3. The Hall–Kier alpha value is -0.830. The first-order valence-corrected chi connectivity index (χ1v) is 7.99. The molecule has 3 heteroatoms. The molecule has 1 aromatic heterocycles. The summed E-state index contributed by atoms with van der Waals surface area (Å²) in [6.45, 7) is 2.93. The normalized spacial score (nSPS) is 40.0. The number of hydrogen-bond donors (Lipinski definition) is 1. The molecule has 0 spiro atoms. The fraction of sp³-hybridized carbons (Fsp3) is 0.812. The molecule has 1 heterocycles. The third kappa shape index (κ3) is 1.85. The molecule has 19 heavy (non-hydrogen) atoms.